The van der Waals surface area contributed by atoms with Gasteiger partial charge in [-0.05, 0) is 60.7 Å². The van der Waals surface area contributed by atoms with E-state index in [1.807, 2.05) is 66.9 Å². The molecule has 0 radical (unpaired) electrons. The lowest BCUT2D eigenvalue weighted by Gasteiger charge is -2.07. The maximum absolute atomic E-state index is 12.3. The smallest absolute Gasteiger partial charge is 0.240 e. The highest BCUT2D eigenvalue weighted by molar-refractivity contribution is 5.99. The number of para-hydroxylation sites is 1. The molecule has 3 aromatic carbocycles. The predicted molar refractivity (Wildman–Crippen MR) is 139 cm³/mol. The fourth-order valence-electron chi connectivity index (χ4n) is 4.20. The standard InChI is InChI=1S/C29H28N4O2/c1-21-16-26(35-2)15-14-22(21)10-7-13-29(34)32-31-18-25-20-33(28-12-6-5-11-27(25)28)19-24-9-4-3-8-23(24)17-30/h3-6,8-9,11-12,14-16,18,20H,7,10,13,19H2,1-2H3,(H,32,34)/b31-18-. The summed E-state index contributed by atoms with van der Waals surface area (Å²) in [6, 6.07) is 23.9. The Bertz CT molecular complexity index is 1410. The maximum Gasteiger partial charge on any atom is 0.240 e. The Labute approximate surface area is 205 Å². The fourth-order valence-corrected chi connectivity index (χ4v) is 4.20. The minimum absolute atomic E-state index is 0.112. The van der Waals surface area contributed by atoms with Crippen LogP contribution in [0.1, 0.15) is 40.7 Å². The Hall–Kier alpha value is -4.37. The highest BCUT2D eigenvalue weighted by Gasteiger charge is 2.09. The summed E-state index contributed by atoms with van der Waals surface area (Å²) in [5.74, 6) is 0.730. The molecule has 6 heteroatoms. The van der Waals surface area contributed by atoms with Gasteiger partial charge in [0, 0.05) is 35.6 Å². The van der Waals surface area contributed by atoms with Crippen molar-refractivity contribution in [3.8, 4) is 11.8 Å². The van der Waals surface area contributed by atoms with Gasteiger partial charge in [0.2, 0.25) is 5.91 Å². The van der Waals surface area contributed by atoms with Crippen molar-refractivity contribution < 1.29 is 9.53 Å². The summed E-state index contributed by atoms with van der Waals surface area (Å²) in [7, 11) is 1.66. The number of aromatic nitrogens is 1. The number of carbonyl (C=O) groups is 1. The summed E-state index contributed by atoms with van der Waals surface area (Å²) >= 11 is 0. The average molecular weight is 465 g/mol. The largest absolute Gasteiger partial charge is 0.497 e. The van der Waals surface area contributed by atoms with Crippen LogP contribution in [0.25, 0.3) is 10.9 Å². The predicted octanol–water partition coefficient (Wildman–Crippen LogP) is 5.35. The summed E-state index contributed by atoms with van der Waals surface area (Å²) in [5, 5.41) is 14.7. The van der Waals surface area contributed by atoms with E-state index in [9.17, 15) is 10.1 Å². The number of nitrogens with one attached hydrogen (secondary N) is 1. The van der Waals surface area contributed by atoms with Crippen molar-refractivity contribution in [3.63, 3.8) is 0 Å². The lowest BCUT2D eigenvalue weighted by Crippen LogP contribution is -2.17. The molecule has 6 nitrogen and oxygen atoms in total. The molecule has 1 heterocycles. The third kappa shape index (κ3) is 5.77. The minimum Gasteiger partial charge on any atom is -0.497 e. The van der Waals surface area contributed by atoms with Crippen LogP contribution in [0, 0.1) is 18.3 Å². The van der Waals surface area contributed by atoms with Crippen molar-refractivity contribution in [2.75, 3.05) is 7.11 Å². The van der Waals surface area contributed by atoms with Crippen LogP contribution in [-0.2, 0) is 17.8 Å². The van der Waals surface area contributed by atoms with Gasteiger partial charge >= 0.3 is 0 Å². The summed E-state index contributed by atoms with van der Waals surface area (Å²) in [4.78, 5) is 12.3. The molecule has 1 N–H and O–H groups in total. The Morgan fingerprint density at radius 2 is 1.91 bits per heavy atom. The van der Waals surface area contributed by atoms with Crippen LogP contribution in [0.2, 0.25) is 0 Å². The van der Waals surface area contributed by atoms with Gasteiger partial charge in [-0.25, -0.2) is 5.43 Å². The zero-order chi connectivity index (χ0) is 24.6. The molecule has 4 rings (SSSR count). The normalized spacial score (nSPS) is 11.0. The number of benzene rings is 3. The Balaban J connectivity index is 1.38. The molecule has 0 aliphatic heterocycles. The van der Waals surface area contributed by atoms with Gasteiger partial charge in [-0.1, -0.05) is 42.5 Å². The molecule has 0 bridgehead atoms. The number of hydrazone groups is 1. The van der Waals surface area contributed by atoms with Gasteiger partial charge in [-0.2, -0.15) is 10.4 Å². The first-order valence-corrected chi connectivity index (χ1v) is 11.6. The molecule has 0 aliphatic carbocycles. The van der Waals surface area contributed by atoms with Crippen molar-refractivity contribution in [2.24, 2.45) is 5.10 Å². The number of fused-ring (bicyclic) bond motifs is 1. The molecule has 0 spiro atoms. The van der Waals surface area contributed by atoms with Crippen LogP contribution in [0.15, 0.2) is 78.0 Å². The summed E-state index contributed by atoms with van der Waals surface area (Å²) in [6.45, 7) is 2.63. The Kier molecular flexibility index (Phi) is 7.59. The van der Waals surface area contributed by atoms with Crippen LogP contribution in [0.5, 0.6) is 5.75 Å². The number of rotatable bonds is 9. The molecular formula is C29H28N4O2. The Morgan fingerprint density at radius 3 is 2.71 bits per heavy atom. The van der Waals surface area contributed by atoms with Gasteiger partial charge in [0.25, 0.3) is 0 Å². The number of nitrogens with zero attached hydrogens (tertiary/aromatic N) is 3. The van der Waals surface area contributed by atoms with E-state index in [4.69, 9.17) is 4.74 Å². The second-order valence-corrected chi connectivity index (χ2v) is 8.44. The summed E-state index contributed by atoms with van der Waals surface area (Å²) in [6.07, 6.45) is 5.65. The molecule has 0 aliphatic rings. The van der Waals surface area contributed by atoms with Crippen molar-refractivity contribution >= 4 is 23.0 Å². The van der Waals surface area contributed by atoms with Gasteiger partial charge in [-0.3, -0.25) is 4.79 Å². The van der Waals surface area contributed by atoms with Crippen molar-refractivity contribution in [1.82, 2.24) is 9.99 Å². The van der Waals surface area contributed by atoms with E-state index < -0.39 is 0 Å². The molecule has 4 aromatic rings. The number of aryl methyl sites for hydroxylation is 2. The second-order valence-electron chi connectivity index (χ2n) is 8.44. The molecular weight excluding hydrogens is 436 g/mol. The summed E-state index contributed by atoms with van der Waals surface area (Å²) < 4.78 is 7.35. The molecule has 35 heavy (non-hydrogen) atoms. The van der Waals surface area contributed by atoms with E-state index in [0.717, 1.165) is 46.2 Å². The lowest BCUT2D eigenvalue weighted by atomic mass is 10.0. The fraction of sp³-hybridized carbons (Fsp3) is 0.207. The van der Waals surface area contributed by atoms with Crippen LogP contribution in [0.3, 0.4) is 0 Å². The van der Waals surface area contributed by atoms with Crippen molar-refractivity contribution in [1.29, 1.82) is 5.26 Å². The first-order chi connectivity index (χ1) is 17.1. The SMILES string of the molecule is COc1ccc(CCCC(=O)N/N=C\c2cn(Cc3ccccc3C#N)c3ccccc23)c(C)c1. The first kappa shape index (κ1) is 23.8. The van der Waals surface area contributed by atoms with Crippen LogP contribution < -0.4 is 10.2 Å². The van der Waals surface area contributed by atoms with E-state index in [0.29, 0.717) is 18.5 Å². The van der Waals surface area contributed by atoms with Crippen LogP contribution in [-0.4, -0.2) is 23.8 Å². The number of hydrogen-bond acceptors (Lipinski definition) is 4. The number of nitriles is 1. The molecule has 0 saturated heterocycles. The van der Waals surface area contributed by atoms with E-state index in [1.165, 1.54) is 5.56 Å². The molecule has 0 fully saturated rings. The van der Waals surface area contributed by atoms with E-state index in [1.54, 1.807) is 13.3 Å². The number of carbonyl (C=O) groups excluding carboxylic acids is 1. The molecule has 176 valence electrons. The van der Waals surface area contributed by atoms with E-state index in [2.05, 4.69) is 34.2 Å². The van der Waals surface area contributed by atoms with Gasteiger partial charge in [-0.15, -0.1) is 0 Å². The molecule has 0 atom stereocenters. The molecule has 0 unspecified atom stereocenters. The number of ether oxygens (including phenoxy) is 1. The van der Waals surface area contributed by atoms with E-state index in [-0.39, 0.29) is 5.91 Å². The minimum atomic E-state index is -0.112. The Morgan fingerprint density at radius 1 is 1.11 bits per heavy atom. The third-order valence-electron chi connectivity index (χ3n) is 6.09. The van der Waals surface area contributed by atoms with Gasteiger partial charge in [0.05, 0.1) is 25.0 Å². The van der Waals surface area contributed by atoms with Gasteiger partial charge in [0.15, 0.2) is 0 Å². The van der Waals surface area contributed by atoms with Crippen LogP contribution in [0.4, 0.5) is 0 Å². The number of amides is 1. The second kappa shape index (κ2) is 11.2. The lowest BCUT2D eigenvalue weighted by molar-refractivity contribution is -0.121. The van der Waals surface area contributed by atoms with Crippen molar-refractivity contribution in [2.45, 2.75) is 32.7 Å². The van der Waals surface area contributed by atoms with Crippen molar-refractivity contribution in [3.05, 3.63) is 101 Å². The van der Waals surface area contributed by atoms with Gasteiger partial charge in [0.1, 0.15) is 5.75 Å². The third-order valence-corrected chi connectivity index (χ3v) is 6.09. The van der Waals surface area contributed by atoms with E-state index >= 15 is 0 Å². The molecule has 0 saturated carbocycles. The molecule has 1 amide bonds. The zero-order valence-corrected chi connectivity index (χ0v) is 20.0. The topological polar surface area (TPSA) is 79.4 Å². The number of methoxy groups -OCH3 is 1. The average Bonchev–Trinajstić information content (AvgIpc) is 3.22. The zero-order valence-electron chi connectivity index (χ0n) is 20.0. The molecule has 1 aromatic heterocycles. The number of hydrogen-bond donors (Lipinski definition) is 1. The maximum atomic E-state index is 12.3. The first-order valence-electron chi connectivity index (χ1n) is 11.6. The highest BCUT2D eigenvalue weighted by Crippen LogP contribution is 2.22. The quantitative estimate of drug-likeness (QED) is 0.268. The highest BCUT2D eigenvalue weighted by atomic mass is 16.5. The van der Waals surface area contributed by atoms with Gasteiger partial charge < -0.3 is 9.30 Å². The van der Waals surface area contributed by atoms with Crippen LogP contribution >= 0.6 is 0 Å². The summed E-state index contributed by atoms with van der Waals surface area (Å²) in [5.41, 5.74) is 8.60. The monoisotopic (exact) mass is 464 g/mol.